The van der Waals surface area contributed by atoms with Crippen molar-refractivity contribution in [3.63, 3.8) is 0 Å². The molecule has 7 heteroatoms. The van der Waals surface area contributed by atoms with Crippen molar-refractivity contribution < 1.29 is 9.66 Å². The molecule has 19 heavy (non-hydrogen) atoms. The first kappa shape index (κ1) is 13.3. The molecular weight excluding hydrogens is 270 g/mol. The van der Waals surface area contributed by atoms with Gasteiger partial charge in [0.1, 0.15) is 5.75 Å². The van der Waals surface area contributed by atoms with Crippen LogP contribution in [0.4, 0.5) is 5.69 Å². The number of rotatable bonds is 4. The highest BCUT2D eigenvalue weighted by Crippen LogP contribution is 2.33. The summed E-state index contributed by atoms with van der Waals surface area (Å²) in [7, 11) is 0. The number of aromatic nitrogens is 1. The van der Waals surface area contributed by atoms with Gasteiger partial charge >= 0.3 is 5.69 Å². The van der Waals surface area contributed by atoms with Gasteiger partial charge in [0.15, 0.2) is 0 Å². The Morgan fingerprint density at radius 2 is 2.16 bits per heavy atom. The number of benzene rings is 1. The molecule has 2 rings (SSSR count). The minimum Gasteiger partial charge on any atom is -0.448 e. The molecule has 2 aromatic rings. The van der Waals surface area contributed by atoms with Crippen LogP contribution in [0.25, 0.3) is 0 Å². The molecular formula is C12H10ClN3O3. The first-order valence-corrected chi connectivity index (χ1v) is 5.73. The highest BCUT2D eigenvalue weighted by Gasteiger charge is 2.16. The van der Waals surface area contributed by atoms with Crippen molar-refractivity contribution in [1.82, 2.24) is 4.98 Å². The predicted molar refractivity (Wildman–Crippen MR) is 70.3 cm³/mol. The Morgan fingerprint density at radius 3 is 2.84 bits per heavy atom. The fourth-order valence-corrected chi connectivity index (χ4v) is 1.64. The van der Waals surface area contributed by atoms with Gasteiger partial charge in [-0.1, -0.05) is 11.6 Å². The lowest BCUT2D eigenvalue weighted by atomic mass is 10.2. The minimum absolute atomic E-state index is 0.0634. The second kappa shape index (κ2) is 5.64. The number of nitrogens with two attached hydrogens (primary N) is 1. The van der Waals surface area contributed by atoms with E-state index in [1.54, 1.807) is 12.3 Å². The summed E-state index contributed by atoms with van der Waals surface area (Å²) in [6.45, 7) is 0.307. The molecule has 0 aliphatic heterocycles. The predicted octanol–water partition coefficient (Wildman–Crippen LogP) is 2.89. The second-order valence-electron chi connectivity index (χ2n) is 3.70. The zero-order valence-corrected chi connectivity index (χ0v) is 10.5. The van der Waals surface area contributed by atoms with E-state index in [0.717, 1.165) is 5.56 Å². The number of halogens is 1. The van der Waals surface area contributed by atoms with Crippen LogP contribution in [0.5, 0.6) is 11.5 Å². The van der Waals surface area contributed by atoms with Crippen molar-refractivity contribution in [2.75, 3.05) is 0 Å². The van der Waals surface area contributed by atoms with Gasteiger partial charge < -0.3 is 10.5 Å². The summed E-state index contributed by atoms with van der Waals surface area (Å²) < 4.78 is 5.45. The molecule has 1 aromatic carbocycles. The van der Waals surface area contributed by atoms with Gasteiger partial charge in [0.05, 0.1) is 11.1 Å². The fraction of sp³-hybridized carbons (Fsp3) is 0.0833. The van der Waals surface area contributed by atoms with Crippen molar-refractivity contribution in [1.29, 1.82) is 0 Å². The lowest BCUT2D eigenvalue weighted by Gasteiger charge is -2.07. The van der Waals surface area contributed by atoms with Crippen LogP contribution in [0.2, 0.25) is 5.02 Å². The SMILES string of the molecule is NCc1cncc(Oc2cc(Cl)ccc2[N+](=O)[O-])c1. The van der Waals surface area contributed by atoms with Gasteiger partial charge in [-0.25, -0.2) is 0 Å². The van der Waals surface area contributed by atoms with Gasteiger partial charge in [0, 0.05) is 29.9 Å². The molecule has 0 fully saturated rings. The van der Waals surface area contributed by atoms with Crippen molar-refractivity contribution in [3.05, 3.63) is 57.4 Å². The lowest BCUT2D eigenvalue weighted by Crippen LogP contribution is -1.98. The first-order chi connectivity index (χ1) is 9.10. The summed E-state index contributed by atoms with van der Waals surface area (Å²) in [5.74, 6) is 0.432. The van der Waals surface area contributed by atoms with E-state index in [9.17, 15) is 10.1 Å². The Labute approximate surface area is 113 Å². The highest BCUT2D eigenvalue weighted by atomic mass is 35.5. The van der Waals surface area contributed by atoms with E-state index in [-0.39, 0.29) is 11.4 Å². The third-order valence-electron chi connectivity index (χ3n) is 2.35. The number of hydrogen-bond acceptors (Lipinski definition) is 5. The van der Waals surface area contributed by atoms with Crippen molar-refractivity contribution >= 4 is 17.3 Å². The molecule has 0 spiro atoms. The molecule has 0 saturated carbocycles. The van der Waals surface area contributed by atoms with E-state index in [1.807, 2.05) is 0 Å². The molecule has 0 amide bonds. The van der Waals surface area contributed by atoms with Crippen LogP contribution in [0.15, 0.2) is 36.7 Å². The van der Waals surface area contributed by atoms with Crippen molar-refractivity contribution in [2.24, 2.45) is 5.73 Å². The molecule has 1 aromatic heterocycles. The molecule has 1 heterocycles. The zero-order chi connectivity index (χ0) is 13.8. The maximum atomic E-state index is 10.9. The fourth-order valence-electron chi connectivity index (χ4n) is 1.48. The molecule has 0 aliphatic carbocycles. The van der Waals surface area contributed by atoms with Crippen LogP contribution >= 0.6 is 11.6 Å². The van der Waals surface area contributed by atoms with Crippen molar-refractivity contribution in [2.45, 2.75) is 6.54 Å². The normalized spacial score (nSPS) is 10.2. The zero-order valence-electron chi connectivity index (χ0n) is 9.75. The van der Waals surface area contributed by atoms with Crippen LogP contribution < -0.4 is 10.5 Å². The van der Waals surface area contributed by atoms with E-state index in [1.165, 1.54) is 24.4 Å². The number of nitro groups is 1. The third-order valence-corrected chi connectivity index (χ3v) is 2.59. The summed E-state index contributed by atoms with van der Waals surface area (Å²) in [6.07, 6.45) is 3.04. The van der Waals surface area contributed by atoms with Crippen LogP contribution in [0, 0.1) is 10.1 Å². The molecule has 0 radical (unpaired) electrons. The summed E-state index contributed by atoms with van der Waals surface area (Å²) in [6, 6.07) is 5.77. The Bertz CT molecular complexity index is 619. The van der Waals surface area contributed by atoms with E-state index < -0.39 is 4.92 Å². The second-order valence-corrected chi connectivity index (χ2v) is 4.14. The molecule has 2 N–H and O–H groups in total. The maximum Gasteiger partial charge on any atom is 0.311 e. The summed E-state index contributed by atoms with van der Waals surface area (Å²) in [5.41, 5.74) is 6.09. The number of ether oxygens (including phenoxy) is 1. The molecule has 6 nitrogen and oxygen atoms in total. The largest absolute Gasteiger partial charge is 0.448 e. The summed E-state index contributed by atoms with van der Waals surface area (Å²) in [4.78, 5) is 14.3. The summed E-state index contributed by atoms with van der Waals surface area (Å²) in [5, 5.41) is 11.2. The number of pyridine rings is 1. The quantitative estimate of drug-likeness (QED) is 0.686. The maximum absolute atomic E-state index is 10.9. The Balaban J connectivity index is 2.36. The lowest BCUT2D eigenvalue weighted by molar-refractivity contribution is -0.385. The van der Waals surface area contributed by atoms with Gasteiger partial charge in [-0.3, -0.25) is 15.1 Å². The standard InChI is InChI=1S/C12H10ClN3O3/c13-9-1-2-11(16(17)18)12(4-9)19-10-3-8(5-14)6-15-7-10/h1-4,6-7H,5,14H2. The van der Waals surface area contributed by atoms with Crippen LogP contribution in [0.3, 0.4) is 0 Å². The molecule has 0 bridgehead atoms. The van der Waals surface area contributed by atoms with Gasteiger partial charge in [0.25, 0.3) is 0 Å². The average Bonchev–Trinajstić information content (AvgIpc) is 2.38. The minimum atomic E-state index is -0.536. The third kappa shape index (κ3) is 3.18. The Kier molecular flexibility index (Phi) is 3.94. The molecule has 0 atom stereocenters. The number of nitrogens with zero attached hydrogens (tertiary/aromatic N) is 2. The van der Waals surface area contributed by atoms with Crippen LogP contribution in [-0.2, 0) is 6.54 Å². The smallest absolute Gasteiger partial charge is 0.311 e. The monoisotopic (exact) mass is 279 g/mol. The topological polar surface area (TPSA) is 91.3 Å². The first-order valence-electron chi connectivity index (χ1n) is 5.36. The van der Waals surface area contributed by atoms with E-state index in [2.05, 4.69) is 4.98 Å². The van der Waals surface area contributed by atoms with E-state index in [4.69, 9.17) is 22.1 Å². The van der Waals surface area contributed by atoms with Gasteiger partial charge in [-0.15, -0.1) is 0 Å². The Morgan fingerprint density at radius 1 is 1.37 bits per heavy atom. The Hall–Kier alpha value is -2.18. The van der Waals surface area contributed by atoms with Crippen molar-refractivity contribution in [3.8, 4) is 11.5 Å². The number of nitro benzene ring substituents is 1. The average molecular weight is 280 g/mol. The number of hydrogen-bond donors (Lipinski definition) is 1. The van der Waals surface area contributed by atoms with Gasteiger partial charge in [-0.05, 0) is 17.7 Å². The summed E-state index contributed by atoms with van der Waals surface area (Å²) >= 11 is 5.81. The molecule has 0 unspecified atom stereocenters. The molecule has 0 aliphatic rings. The molecule has 98 valence electrons. The van der Waals surface area contributed by atoms with Crippen LogP contribution in [0.1, 0.15) is 5.56 Å². The van der Waals surface area contributed by atoms with E-state index in [0.29, 0.717) is 17.3 Å². The van der Waals surface area contributed by atoms with Crippen LogP contribution in [-0.4, -0.2) is 9.91 Å². The van der Waals surface area contributed by atoms with E-state index >= 15 is 0 Å². The molecule has 0 saturated heterocycles. The highest BCUT2D eigenvalue weighted by molar-refractivity contribution is 6.30. The van der Waals surface area contributed by atoms with Gasteiger partial charge in [0.2, 0.25) is 5.75 Å². The van der Waals surface area contributed by atoms with Gasteiger partial charge in [-0.2, -0.15) is 0 Å².